The number of carbonyl (C=O) groups is 1. The van der Waals surface area contributed by atoms with Gasteiger partial charge in [0.2, 0.25) is 0 Å². The predicted molar refractivity (Wildman–Crippen MR) is 59.7 cm³/mol. The Morgan fingerprint density at radius 1 is 1.12 bits per heavy atom. The molecule has 3 nitrogen and oxygen atoms in total. The molecule has 0 aromatic rings. The van der Waals surface area contributed by atoms with Crippen LogP contribution < -0.4 is 0 Å². The summed E-state index contributed by atoms with van der Waals surface area (Å²) in [7, 11) is 0. The standard InChI is InChI=1S/C8H9O3.C5H5.Fe/c1-6(10)11-8-4-2-3-7(8)5-9;1-2-4-5-3-1;/h2-4,9H,5H2,1H3;1-5H;/q;;+2. The molecule has 2 aliphatic rings. The van der Waals surface area contributed by atoms with Gasteiger partial charge in [-0.15, -0.1) is 0 Å². The van der Waals surface area contributed by atoms with Crippen LogP contribution in [0.15, 0.2) is 0 Å². The fourth-order valence-electron chi connectivity index (χ4n) is 1.15. The molecule has 0 unspecified atom stereocenters. The Bertz CT molecular complexity index is 197. The average molecular weight is 274 g/mol. The third-order valence-corrected chi connectivity index (χ3v) is 1.84. The number of ether oxygens (including phenoxy) is 1. The van der Waals surface area contributed by atoms with Gasteiger partial charge in [0.05, 0.1) is 12.5 Å². The Kier molecular flexibility index (Phi) is 9.90. The monoisotopic (exact) mass is 274 g/mol. The van der Waals surface area contributed by atoms with Gasteiger partial charge in [-0.3, -0.25) is 4.79 Å². The number of hydrogen-bond acceptors (Lipinski definition) is 3. The minimum Gasteiger partial charge on any atom is -0.454 e. The van der Waals surface area contributed by atoms with E-state index in [-0.39, 0.29) is 29.6 Å². The molecule has 1 N–H and O–H groups in total. The van der Waals surface area contributed by atoms with E-state index in [1.54, 1.807) is 19.3 Å². The van der Waals surface area contributed by atoms with Gasteiger partial charge >= 0.3 is 23.0 Å². The van der Waals surface area contributed by atoms with Crippen LogP contribution in [-0.4, -0.2) is 17.7 Å². The largest absolute Gasteiger partial charge is 2.00 e. The van der Waals surface area contributed by atoms with Crippen molar-refractivity contribution in [1.82, 2.24) is 0 Å². The third kappa shape index (κ3) is 7.07. The van der Waals surface area contributed by atoms with Crippen LogP contribution in [0.2, 0.25) is 0 Å². The number of aliphatic hydroxyl groups is 1. The molecule has 0 aliphatic heterocycles. The minimum absolute atomic E-state index is 0. The first-order chi connectivity index (χ1) is 7.74. The molecule has 2 fully saturated rings. The van der Waals surface area contributed by atoms with Crippen molar-refractivity contribution < 1.29 is 31.7 Å². The van der Waals surface area contributed by atoms with Crippen molar-refractivity contribution in [2.45, 2.75) is 6.92 Å². The van der Waals surface area contributed by atoms with E-state index in [2.05, 4.69) is 0 Å². The molecule has 2 rings (SSSR count). The van der Waals surface area contributed by atoms with E-state index in [0.717, 1.165) is 0 Å². The molecule has 0 bridgehead atoms. The van der Waals surface area contributed by atoms with E-state index in [0.29, 0.717) is 12.0 Å². The van der Waals surface area contributed by atoms with Gasteiger partial charge in [0.25, 0.3) is 0 Å². The Hall–Kier alpha value is -0.0505. The van der Waals surface area contributed by atoms with E-state index in [9.17, 15) is 4.79 Å². The molecule has 90 valence electrons. The van der Waals surface area contributed by atoms with E-state index in [1.807, 2.05) is 32.1 Å². The van der Waals surface area contributed by atoms with Crippen LogP contribution >= 0.6 is 0 Å². The Morgan fingerprint density at radius 3 is 2.06 bits per heavy atom. The second-order valence-corrected chi connectivity index (χ2v) is 3.13. The Morgan fingerprint density at radius 2 is 1.65 bits per heavy atom. The van der Waals surface area contributed by atoms with Gasteiger partial charge < -0.3 is 9.84 Å². The van der Waals surface area contributed by atoms with Crippen molar-refractivity contribution in [3.63, 3.8) is 0 Å². The molecule has 4 heteroatoms. The first-order valence-corrected chi connectivity index (χ1v) is 4.94. The van der Waals surface area contributed by atoms with Crippen LogP contribution in [0.25, 0.3) is 0 Å². The first-order valence-electron chi connectivity index (χ1n) is 4.94. The zero-order valence-corrected chi connectivity index (χ0v) is 10.5. The SMILES string of the molecule is CC(=O)O[C]1[CH][CH][CH][C]1CO.[CH]1[CH][CH][CH][CH]1.[Fe+2]. The molecule has 0 amide bonds. The van der Waals surface area contributed by atoms with E-state index < -0.39 is 0 Å². The normalized spacial score (nSPS) is 20.4. The fourth-order valence-corrected chi connectivity index (χ4v) is 1.15. The molecule has 0 atom stereocenters. The molecule has 0 spiro atoms. The number of rotatable bonds is 2. The molecular weight excluding hydrogens is 260 g/mol. The predicted octanol–water partition coefficient (Wildman–Crippen LogP) is 1.29. The van der Waals surface area contributed by atoms with Crippen molar-refractivity contribution in [1.29, 1.82) is 0 Å². The summed E-state index contributed by atoms with van der Waals surface area (Å²) < 4.78 is 4.78. The number of hydrogen-bond donors (Lipinski definition) is 1. The maximum absolute atomic E-state index is 10.5. The van der Waals surface area contributed by atoms with Gasteiger partial charge in [-0.2, -0.15) is 0 Å². The van der Waals surface area contributed by atoms with Crippen LogP contribution in [0, 0.1) is 63.4 Å². The zero-order valence-electron chi connectivity index (χ0n) is 9.44. The number of carbonyl (C=O) groups excluding carboxylic acids is 1. The summed E-state index contributed by atoms with van der Waals surface area (Å²) >= 11 is 0. The van der Waals surface area contributed by atoms with Gasteiger partial charge in [0, 0.05) is 13.3 Å². The summed E-state index contributed by atoms with van der Waals surface area (Å²) in [5, 5.41) is 8.73. The maximum Gasteiger partial charge on any atom is 2.00 e. The molecule has 10 radical (unpaired) electrons. The van der Waals surface area contributed by atoms with Crippen molar-refractivity contribution in [3.8, 4) is 0 Å². The van der Waals surface area contributed by atoms with Gasteiger partial charge in [-0.25, -0.2) is 0 Å². The summed E-state index contributed by atoms with van der Waals surface area (Å²) in [6.07, 6.45) is 15.5. The van der Waals surface area contributed by atoms with E-state index in [4.69, 9.17) is 9.84 Å². The van der Waals surface area contributed by atoms with Crippen LogP contribution in [0.5, 0.6) is 0 Å². The number of esters is 1. The summed E-state index contributed by atoms with van der Waals surface area (Å²) in [5.74, 6) is 0.270. The van der Waals surface area contributed by atoms with E-state index in [1.165, 1.54) is 6.92 Å². The Labute approximate surface area is 115 Å². The molecule has 0 saturated heterocycles. The van der Waals surface area contributed by atoms with Crippen molar-refractivity contribution in [3.05, 3.63) is 63.4 Å². The third-order valence-electron chi connectivity index (χ3n) is 1.84. The second-order valence-electron chi connectivity index (χ2n) is 3.13. The number of aliphatic hydroxyl groups excluding tert-OH is 1. The molecule has 0 heterocycles. The maximum atomic E-state index is 10.5. The second kappa shape index (κ2) is 9.93. The average Bonchev–Trinajstić information content (AvgIpc) is 2.89. The smallest absolute Gasteiger partial charge is 0.454 e. The molecular formula is C13H14FeO3+2. The molecule has 2 saturated carbocycles. The first kappa shape index (κ1) is 16.9. The fraction of sp³-hybridized carbons (Fsp3) is 0.154. The van der Waals surface area contributed by atoms with Crippen molar-refractivity contribution in [2.24, 2.45) is 0 Å². The van der Waals surface area contributed by atoms with Gasteiger partial charge in [0.1, 0.15) is 0 Å². The summed E-state index contributed by atoms with van der Waals surface area (Å²) in [4.78, 5) is 10.5. The van der Waals surface area contributed by atoms with Crippen LogP contribution in [-0.2, 0) is 26.6 Å². The van der Waals surface area contributed by atoms with Gasteiger partial charge in [-0.1, -0.05) is 0 Å². The van der Waals surface area contributed by atoms with Gasteiger partial charge in [0.15, 0.2) is 6.10 Å². The van der Waals surface area contributed by atoms with E-state index >= 15 is 0 Å². The molecule has 2 aliphatic carbocycles. The quantitative estimate of drug-likeness (QED) is 0.609. The molecule has 0 aromatic carbocycles. The molecule has 17 heavy (non-hydrogen) atoms. The van der Waals surface area contributed by atoms with Crippen LogP contribution in [0.4, 0.5) is 0 Å². The Balaban J connectivity index is 0.000000360. The summed E-state index contributed by atoms with van der Waals surface area (Å²) in [6, 6.07) is 0. The van der Waals surface area contributed by atoms with Crippen LogP contribution in [0.3, 0.4) is 0 Å². The van der Waals surface area contributed by atoms with Crippen LogP contribution in [0.1, 0.15) is 6.92 Å². The topological polar surface area (TPSA) is 46.5 Å². The summed E-state index contributed by atoms with van der Waals surface area (Å²) in [5.41, 5.74) is 0. The summed E-state index contributed by atoms with van der Waals surface area (Å²) in [6.45, 7) is 1.23. The van der Waals surface area contributed by atoms with Crippen molar-refractivity contribution >= 4 is 5.97 Å². The molecule has 0 aromatic heterocycles. The zero-order chi connectivity index (χ0) is 11.8. The van der Waals surface area contributed by atoms with Gasteiger partial charge in [-0.05, 0) is 44.9 Å². The minimum atomic E-state index is -0.370. The van der Waals surface area contributed by atoms with Crippen molar-refractivity contribution in [2.75, 3.05) is 6.61 Å².